The number of carboxylic acid groups (broad SMARTS) is 2. The van der Waals surface area contributed by atoms with Gasteiger partial charge in [-0.15, -0.1) is 0 Å². The van der Waals surface area contributed by atoms with E-state index in [1.807, 2.05) is 18.2 Å². The second kappa shape index (κ2) is 5.73. The molecule has 0 saturated heterocycles. The predicted molar refractivity (Wildman–Crippen MR) is 70.4 cm³/mol. The first-order chi connectivity index (χ1) is 9.06. The Morgan fingerprint density at radius 1 is 1.16 bits per heavy atom. The van der Waals surface area contributed by atoms with Crippen LogP contribution in [0.25, 0.3) is 0 Å². The monoisotopic (exact) mass is 263 g/mol. The first-order valence-electron chi connectivity index (χ1n) is 6.39. The number of rotatable bonds is 5. The molecule has 5 heteroatoms. The lowest BCUT2D eigenvalue weighted by Crippen LogP contribution is -2.31. The van der Waals surface area contributed by atoms with Gasteiger partial charge in [-0.25, -0.2) is 4.79 Å². The Morgan fingerprint density at radius 2 is 1.84 bits per heavy atom. The van der Waals surface area contributed by atoms with Crippen LogP contribution in [0.1, 0.15) is 30.4 Å². The maximum atomic E-state index is 11.0. The molecular weight excluding hydrogens is 246 g/mol. The van der Waals surface area contributed by atoms with Gasteiger partial charge in [0.2, 0.25) is 0 Å². The Bertz CT molecular complexity index is 498. The molecule has 0 saturated carbocycles. The number of anilines is 1. The van der Waals surface area contributed by atoms with Gasteiger partial charge in [0.15, 0.2) is 0 Å². The van der Waals surface area contributed by atoms with Crippen LogP contribution in [0, 0.1) is 0 Å². The van der Waals surface area contributed by atoms with Crippen LogP contribution in [-0.4, -0.2) is 28.2 Å². The van der Waals surface area contributed by atoms with Gasteiger partial charge in [-0.1, -0.05) is 6.07 Å². The zero-order chi connectivity index (χ0) is 13.8. The number of benzene rings is 1. The lowest BCUT2D eigenvalue weighted by Gasteiger charge is -2.19. The van der Waals surface area contributed by atoms with Gasteiger partial charge in [-0.05, 0) is 48.9 Å². The van der Waals surface area contributed by atoms with Gasteiger partial charge >= 0.3 is 11.9 Å². The zero-order valence-corrected chi connectivity index (χ0v) is 10.6. The minimum atomic E-state index is -1.15. The Labute approximate surface area is 111 Å². The summed E-state index contributed by atoms with van der Waals surface area (Å²) in [6.45, 7) is 0. The summed E-state index contributed by atoms with van der Waals surface area (Å²) in [5.41, 5.74) is 3.21. The van der Waals surface area contributed by atoms with Gasteiger partial charge in [-0.3, -0.25) is 4.79 Å². The maximum absolute atomic E-state index is 11.0. The molecule has 0 spiro atoms. The van der Waals surface area contributed by atoms with Crippen LogP contribution in [0.4, 0.5) is 5.69 Å². The fourth-order valence-corrected chi connectivity index (χ4v) is 2.40. The van der Waals surface area contributed by atoms with Crippen molar-refractivity contribution in [1.82, 2.24) is 0 Å². The van der Waals surface area contributed by atoms with Gasteiger partial charge in [0.05, 0.1) is 6.42 Å². The van der Waals surface area contributed by atoms with E-state index in [-0.39, 0.29) is 0 Å². The normalized spacial score (nSPS) is 15.4. The molecule has 102 valence electrons. The third-order valence-corrected chi connectivity index (χ3v) is 3.37. The van der Waals surface area contributed by atoms with E-state index < -0.39 is 24.4 Å². The van der Waals surface area contributed by atoms with Crippen LogP contribution < -0.4 is 5.32 Å². The number of carbonyl (C=O) groups is 2. The SMILES string of the molecule is O=C(O)CC(Nc1ccc2c(c1)CCCC2)C(=O)O. The lowest BCUT2D eigenvalue weighted by atomic mass is 9.91. The first-order valence-corrected chi connectivity index (χ1v) is 6.39. The first kappa shape index (κ1) is 13.4. The van der Waals surface area contributed by atoms with Crippen LogP contribution in [-0.2, 0) is 22.4 Å². The van der Waals surface area contributed by atoms with Gasteiger partial charge in [0.25, 0.3) is 0 Å². The average molecular weight is 263 g/mol. The van der Waals surface area contributed by atoms with Crippen molar-refractivity contribution in [3.05, 3.63) is 29.3 Å². The molecule has 0 radical (unpaired) electrons. The highest BCUT2D eigenvalue weighted by Gasteiger charge is 2.21. The minimum absolute atomic E-state index is 0.438. The molecule has 5 nitrogen and oxygen atoms in total. The molecule has 19 heavy (non-hydrogen) atoms. The van der Waals surface area contributed by atoms with Crippen molar-refractivity contribution < 1.29 is 19.8 Å². The summed E-state index contributed by atoms with van der Waals surface area (Å²) >= 11 is 0. The van der Waals surface area contributed by atoms with Crippen molar-refractivity contribution in [3.63, 3.8) is 0 Å². The van der Waals surface area contributed by atoms with E-state index in [2.05, 4.69) is 5.32 Å². The molecule has 0 bridgehead atoms. The predicted octanol–water partition coefficient (Wildman–Crippen LogP) is 1.91. The smallest absolute Gasteiger partial charge is 0.326 e. The Kier molecular flexibility index (Phi) is 4.04. The number of carboxylic acids is 2. The van der Waals surface area contributed by atoms with Crippen LogP contribution >= 0.6 is 0 Å². The molecule has 0 aromatic heterocycles. The van der Waals surface area contributed by atoms with Crippen molar-refractivity contribution in [2.24, 2.45) is 0 Å². The number of hydrogen-bond acceptors (Lipinski definition) is 3. The molecule has 1 aliphatic rings. The standard InChI is InChI=1S/C14H17NO4/c16-13(17)8-12(14(18)19)15-11-6-5-9-3-1-2-4-10(9)7-11/h5-7,12,15H,1-4,8H2,(H,16,17)(H,18,19). The van der Waals surface area contributed by atoms with E-state index >= 15 is 0 Å². The highest BCUT2D eigenvalue weighted by molar-refractivity contribution is 5.83. The van der Waals surface area contributed by atoms with Crippen molar-refractivity contribution in [1.29, 1.82) is 0 Å². The molecule has 0 heterocycles. The van der Waals surface area contributed by atoms with Crippen molar-refractivity contribution in [2.75, 3.05) is 5.32 Å². The van der Waals surface area contributed by atoms with Crippen molar-refractivity contribution >= 4 is 17.6 Å². The highest BCUT2D eigenvalue weighted by Crippen LogP contribution is 2.24. The highest BCUT2D eigenvalue weighted by atomic mass is 16.4. The quantitative estimate of drug-likeness (QED) is 0.755. The topological polar surface area (TPSA) is 86.6 Å². The van der Waals surface area contributed by atoms with Gasteiger partial charge < -0.3 is 15.5 Å². The third-order valence-electron chi connectivity index (χ3n) is 3.37. The minimum Gasteiger partial charge on any atom is -0.481 e. The number of fused-ring (bicyclic) bond motifs is 1. The number of nitrogens with one attached hydrogen (secondary N) is 1. The van der Waals surface area contributed by atoms with Crippen LogP contribution in [0.2, 0.25) is 0 Å². The summed E-state index contributed by atoms with van der Waals surface area (Å²) in [6, 6.07) is 4.66. The van der Waals surface area contributed by atoms with Crippen molar-refractivity contribution in [3.8, 4) is 0 Å². The zero-order valence-electron chi connectivity index (χ0n) is 10.6. The molecule has 0 aliphatic heterocycles. The number of aryl methyl sites for hydroxylation is 2. The van der Waals surface area contributed by atoms with Crippen LogP contribution in [0.5, 0.6) is 0 Å². The third kappa shape index (κ3) is 3.47. The largest absolute Gasteiger partial charge is 0.481 e. The van der Waals surface area contributed by atoms with E-state index in [4.69, 9.17) is 10.2 Å². The molecule has 1 atom stereocenters. The summed E-state index contributed by atoms with van der Waals surface area (Å²) in [5.74, 6) is -2.28. The van der Waals surface area contributed by atoms with Crippen LogP contribution in [0.3, 0.4) is 0 Å². The second-order valence-corrected chi connectivity index (χ2v) is 4.82. The molecule has 1 aromatic rings. The van der Waals surface area contributed by atoms with Gasteiger partial charge in [0, 0.05) is 5.69 Å². The molecule has 1 unspecified atom stereocenters. The molecule has 0 amide bonds. The van der Waals surface area contributed by atoms with Crippen LogP contribution in [0.15, 0.2) is 18.2 Å². The van der Waals surface area contributed by atoms with E-state index in [9.17, 15) is 9.59 Å². The summed E-state index contributed by atoms with van der Waals surface area (Å²) in [4.78, 5) is 21.6. The molecule has 1 aliphatic carbocycles. The van der Waals surface area contributed by atoms with E-state index in [1.54, 1.807) is 0 Å². The Balaban J connectivity index is 2.12. The summed E-state index contributed by atoms with van der Waals surface area (Å²) in [6.07, 6.45) is 3.96. The van der Waals surface area contributed by atoms with E-state index in [1.165, 1.54) is 17.5 Å². The van der Waals surface area contributed by atoms with E-state index in [0.29, 0.717) is 5.69 Å². The number of hydrogen-bond donors (Lipinski definition) is 3. The Morgan fingerprint density at radius 3 is 2.47 bits per heavy atom. The maximum Gasteiger partial charge on any atom is 0.326 e. The number of aliphatic carboxylic acids is 2. The fraction of sp³-hybridized carbons (Fsp3) is 0.429. The summed E-state index contributed by atoms with van der Waals surface area (Å²) in [5, 5.41) is 20.5. The van der Waals surface area contributed by atoms with Gasteiger partial charge in [0.1, 0.15) is 6.04 Å². The second-order valence-electron chi connectivity index (χ2n) is 4.82. The molecule has 0 fully saturated rings. The summed E-state index contributed by atoms with van der Waals surface area (Å²) < 4.78 is 0. The van der Waals surface area contributed by atoms with Crippen molar-refractivity contribution in [2.45, 2.75) is 38.1 Å². The molecule has 1 aromatic carbocycles. The Hall–Kier alpha value is -2.04. The van der Waals surface area contributed by atoms with E-state index in [0.717, 1.165) is 19.3 Å². The molecule has 2 rings (SSSR count). The average Bonchev–Trinajstić information content (AvgIpc) is 2.37. The lowest BCUT2D eigenvalue weighted by molar-refractivity contribution is -0.144. The fourth-order valence-electron chi connectivity index (χ4n) is 2.40. The van der Waals surface area contributed by atoms with Gasteiger partial charge in [-0.2, -0.15) is 0 Å². The molecular formula is C14H17NO4. The molecule has 3 N–H and O–H groups in total. The summed E-state index contributed by atoms with van der Waals surface area (Å²) in [7, 11) is 0.